The molecule has 1 unspecified atom stereocenters. The van der Waals surface area contributed by atoms with Gasteiger partial charge in [0.1, 0.15) is 5.75 Å². The second kappa shape index (κ2) is 8.99. The molecule has 0 fully saturated rings. The van der Waals surface area contributed by atoms with Crippen LogP contribution < -0.4 is 15.9 Å². The third kappa shape index (κ3) is 4.76. The Balaban J connectivity index is 1.59. The molecule has 146 valence electrons. The zero-order valence-electron chi connectivity index (χ0n) is 15.4. The number of nitrogens with two attached hydrogens (primary N) is 1. The standard InChI is InChI=1S/C19H20ClN5O2S/c1-12(13-3-7-15(20)8-4-13)22-17(26)11-28-19-24-23-18(25(19)21)14-5-9-16(27-2)10-6-14/h3-10,12H,11,21H2,1-2H3,(H,22,26). The molecule has 0 saturated heterocycles. The average molecular weight is 418 g/mol. The first-order chi connectivity index (χ1) is 13.5. The molecule has 7 nitrogen and oxygen atoms in total. The van der Waals surface area contributed by atoms with Crippen LogP contribution in [0.3, 0.4) is 0 Å². The summed E-state index contributed by atoms with van der Waals surface area (Å²) in [6.07, 6.45) is 0. The topological polar surface area (TPSA) is 95.1 Å². The number of nitrogens with one attached hydrogen (secondary N) is 1. The van der Waals surface area contributed by atoms with E-state index in [1.54, 1.807) is 19.2 Å². The van der Waals surface area contributed by atoms with Crippen molar-refractivity contribution in [2.24, 2.45) is 0 Å². The molecule has 3 N–H and O–H groups in total. The number of thioether (sulfide) groups is 1. The highest BCUT2D eigenvalue weighted by Gasteiger charge is 2.15. The number of hydrogen-bond acceptors (Lipinski definition) is 6. The van der Waals surface area contributed by atoms with Gasteiger partial charge in [-0.05, 0) is 48.9 Å². The molecule has 9 heteroatoms. The molecule has 2 aromatic carbocycles. The van der Waals surface area contributed by atoms with E-state index in [9.17, 15) is 4.79 Å². The highest BCUT2D eigenvalue weighted by atomic mass is 35.5. The molecule has 0 saturated carbocycles. The lowest BCUT2D eigenvalue weighted by atomic mass is 10.1. The van der Waals surface area contributed by atoms with E-state index in [4.69, 9.17) is 22.2 Å². The van der Waals surface area contributed by atoms with Crippen LogP contribution in [0, 0.1) is 0 Å². The van der Waals surface area contributed by atoms with Gasteiger partial charge in [-0.3, -0.25) is 4.79 Å². The summed E-state index contributed by atoms with van der Waals surface area (Å²) in [7, 11) is 1.61. The summed E-state index contributed by atoms with van der Waals surface area (Å²) in [6.45, 7) is 1.92. The summed E-state index contributed by atoms with van der Waals surface area (Å²) in [4.78, 5) is 12.3. The minimum atomic E-state index is -0.129. The Kier molecular flexibility index (Phi) is 6.43. The van der Waals surface area contributed by atoms with Crippen molar-refractivity contribution in [2.45, 2.75) is 18.1 Å². The van der Waals surface area contributed by atoms with Crippen LogP contribution in [0.4, 0.5) is 0 Å². The molecular weight excluding hydrogens is 398 g/mol. The third-order valence-corrected chi connectivity index (χ3v) is 5.29. The van der Waals surface area contributed by atoms with Crippen molar-refractivity contribution in [2.75, 3.05) is 18.7 Å². The quantitative estimate of drug-likeness (QED) is 0.452. The molecule has 0 bridgehead atoms. The highest BCUT2D eigenvalue weighted by molar-refractivity contribution is 7.99. The molecule has 0 aliphatic carbocycles. The van der Waals surface area contributed by atoms with E-state index in [0.29, 0.717) is 16.0 Å². The van der Waals surface area contributed by atoms with Crippen molar-refractivity contribution in [1.82, 2.24) is 20.2 Å². The summed E-state index contributed by atoms with van der Waals surface area (Å²) in [5.74, 6) is 7.40. The molecule has 1 amide bonds. The SMILES string of the molecule is COc1ccc(-c2nnc(SCC(=O)NC(C)c3ccc(Cl)cc3)n2N)cc1. The van der Waals surface area contributed by atoms with E-state index in [1.807, 2.05) is 43.3 Å². The number of rotatable bonds is 7. The number of carbonyl (C=O) groups is 1. The first kappa shape index (κ1) is 20.0. The van der Waals surface area contributed by atoms with Crippen molar-refractivity contribution < 1.29 is 9.53 Å². The monoisotopic (exact) mass is 417 g/mol. The Labute approximate surface area is 172 Å². The first-order valence-electron chi connectivity index (χ1n) is 8.50. The predicted octanol–water partition coefficient (Wildman–Crippen LogP) is 3.29. The molecular formula is C19H20ClN5O2S. The minimum Gasteiger partial charge on any atom is -0.497 e. The van der Waals surface area contributed by atoms with E-state index >= 15 is 0 Å². The van der Waals surface area contributed by atoms with Gasteiger partial charge >= 0.3 is 0 Å². The molecule has 1 heterocycles. The summed E-state index contributed by atoms with van der Waals surface area (Å²) in [5.41, 5.74) is 1.79. The summed E-state index contributed by atoms with van der Waals surface area (Å²) < 4.78 is 6.52. The summed E-state index contributed by atoms with van der Waals surface area (Å²) >= 11 is 7.12. The van der Waals surface area contributed by atoms with Crippen molar-refractivity contribution >= 4 is 29.3 Å². The fourth-order valence-corrected chi connectivity index (χ4v) is 3.35. The van der Waals surface area contributed by atoms with Gasteiger partial charge in [0.15, 0.2) is 5.82 Å². The van der Waals surface area contributed by atoms with Gasteiger partial charge in [0, 0.05) is 10.6 Å². The van der Waals surface area contributed by atoms with Crippen LogP contribution in [0.2, 0.25) is 5.02 Å². The number of halogens is 1. The number of benzene rings is 2. The van der Waals surface area contributed by atoms with Gasteiger partial charge in [-0.1, -0.05) is 35.5 Å². The molecule has 3 aromatic rings. The lowest BCUT2D eigenvalue weighted by Crippen LogP contribution is -2.28. The first-order valence-corrected chi connectivity index (χ1v) is 9.87. The van der Waals surface area contributed by atoms with E-state index in [0.717, 1.165) is 16.9 Å². The number of hydrogen-bond donors (Lipinski definition) is 2. The number of carbonyl (C=O) groups excluding carboxylic acids is 1. The van der Waals surface area contributed by atoms with Crippen LogP contribution in [0.25, 0.3) is 11.4 Å². The Morgan fingerprint density at radius 3 is 2.54 bits per heavy atom. The lowest BCUT2D eigenvalue weighted by Gasteiger charge is -2.14. The maximum absolute atomic E-state index is 12.3. The molecule has 0 aliphatic heterocycles. The van der Waals surface area contributed by atoms with Crippen molar-refractivity contribution in [3.05, 3.63) is 59.1 Å². The lowest BCUT2D eigenvalue weighted by molar-refractivity contribution is -0.119. The number of nitrogens with zero attached hydrogens (tertiary/aromatic N) is 3. The van der Waals surface area contributed by atoms with E-state index in [-0.39, 0.29) is 17.7 Å². The fraction of sp³-hybridized carbons (Fsp3) is 0.211. The molecule has 0 radical (unpaired) electrons. The zero-order chi connectivity index (χ0) is 20.1. The normalized spacial score (nSPS) is 11.8. The van der Waals surface area contributed by atoms with Crippen molar-refractivity contribution in [1.29, 1.82) is 0 Å². The molecule has 3 rings (SSSR count). The van der Waals surface area contributed by atoms with Crippen LogP contribution >= 0.6 is 23.4 Å². The zero-order valence-corrected chi connectivity index (χ0v) is 17.0. The number of amides is 1. The van der Waals surface area contributed by atoms with Crippen LogP contribution in [-0.2, 0) is 4.79 Å². The van der Waals surface area contributed by atoms with E-state index < -0.39 is 0 Å². The van der Waals surface area contributed by atoms with Gasteiger partial charge in [-0.2, -0.15) is 0 Å². The summed E-state index contributed by atoms with van der Waals surface area (Å²) in [5, 5.41) is 12.3. The molecule has 1 aromatic heterocycles. The maximum atomic E-state index is 12.3. The molecule has 1 atom stereocenters. The second-order valence-electron chi connectivity index (χ2n) is 6.03. The van der Waals surface area contributed by atoms with Gasteiger partial charge < -0.3 is 15.9 Å². The van der Waals surface area contributed by atoms with Crippen LogP contribution in [0.1, 0.15) is 18.5 Å². The smallest absolute Gasteiger partial charge is 0.230 e. The molecule has 0 aliphatic rings. The van der Waals surface area contributed by atoms with Crippen LogP contribution in [-0.4, -0.2) is 33.6 Å². The maximum Gasteiger partial charge on any atom is 0.230 e. The third-order valence-electron chi connectivity index (χ3n) is 4.09. The Morgan fingerprint density at radius 2 is 1.89 bits per heavy atom. The number of nitrogen functional groups attached to an aromatic ring is 1. The van der Waals surface area contributed by atoms with Gasteiger partial charge in [-0.25, -0.2) is 4.68 Å². The number of aromatic nitrogens is 3. The highest BCUT2D eigenvalue weighted by Crippen LogP contribution is 2.23. The number of ether oxygens (including phenoxy) is 1. The van der Waals surface area contributed by atoms with E-state index in [2.05, 4.69) is 15.5 Å². The molecule has 0 spiro atoms. The predicted molar refractivity (Wildman–Crippen MR) is 111 cm³/mol. The van der Waals surface area contributed by atoms with E-state index in [1.165, 1.54) is 16.4 Å². The molecule has 28 heavy (non-hydrogen) atoms. The van der Waals surface area contributed by atoms with Gasteiger partial charge in [0.25, 0.3) is 0 Å². The van der Waals surface area contributed by atoms with Gasteiger partial charge in [-0.15, -0.1) is 10.2 Å². The van der Waals surface area contributed by atoms with Gasteiger partial charge in [0.2, 0.25) is 11.1 Å². The largest absolute Gasteiger partial charge is 0.497 e. The Hall–Kier alpha value is -2.71. The second-order valence-corrected chi connectivity index (χ2v) is 7.41. The number of methoxy groups -OCH3 is 1. The fourth-order valence-electron chi connectivity index (χ4n) is 2.56. The van der Waals surface area contributed by atoms with Crippen molar-refractivity contribution in [3.8, 4) is 17.1 Å². The Bertz CT molecular complexity index is 944. The average Bonchev–Trinajstić information content (AvgIpc) is 3.07. The van der Waals surface area contributed by atoms with Crippen molar-refractivity contribution in [3.63, 3.8) is 0 Å². The minimum absolute atomic E-state index is 0.124. The van der Waals surface area contributed by atoms with Crippen LogP contribution in [0.5, 0.6) is 5.75 Å². The Morgan fingerprint density at radius 1 is 1.21 bits per heavy atom. The van der Waals surface area contributed by atoms with Gasteiger partial charge in [0.05, 0.1) is 18.9 Å². The summed E-state index contributed by atoms with van der Waals surface area (Å²) in [6, 6.07) is 14.6. The van der Waals surface area contributed by atoms with Crippen LogP contribution in [0.15, 0.2) is 53.7 Å².